The first-order valence-corrected chi connectivity index (χ1v) is 9.60. The van der Waals surface area contributed by atoms with Crippen LogP contribution in [0.25, 0.3) is 33.3 Å². The Labute approximate surface area is 152 Å². The zero-order valence-electron chi connectivity index (χ0n) is 14.3. The highest BCUT2D eigenvalue weighted by atomic mass is 32.2. The molecule has 0 spiro atoms. The molecule has 26 heavy (non-hydrogen) atoms. The quantitative estimate of drug-likeness (QED) is 0.547. The molecule has 0 saturated heterocycles. The van der Waals surface area contributed by atoms with Crippen LogP contribution in [0.3, 0.4) is 0 Å². The Bertz CT molecular complexity index is 1120. The first-order valence-electron chi connectivity index (χ1n) is 8.04. The Kier molecular flexibility index (Phi) is 4.12. The molecule has 130 valence electrons. The summed E-state index contributed by atoms with van der Waals surface area (Å²) in [6.07, 6.45) is 6.85. The van der Waals surface area contributed by atoms with Crippen LogP contribution in [-0.4, -0.2) is 25.0 Å². The van der Waals surface area contributed by atoms with E-state index in [1.54, 1.807) is 37.0 Å². The molecule has 4 aromatic rings. The predicted octanol–water partition coefficient (Wildman–Crippen LogP) is 4.18. The second-order valence-electron chi connectivity index (χ2n) is 6.02. The van der Waals surface area contributed by atoms with Crippen LogP contribution in [-0.2, 0) is 17.8 Å². The molecule has 6 heteroatoms. The van der Waals surface area contributed by atoms with E-state index in [1.165, 1.54) is 12.1 Å². The highest BCUT2D eigenvalue weighted by Gasteiger charge is 2.19. The minimum absolute atomic E-state index is 0.275. The standard InChI is InChI=1S/C20H16FN3OS/c1-24-17-11-18(26(2)25)23-12-16(17)19(13-7-9-22-10-8-13)20(24)14-3-5-15(21)6-4-14/h3-12H,1-2H3. The number of aromatic nitrogens is 3. The topological polar surface area (TPSA) is 47.8 Å². The highest BCUT2D eigenvalue weighted by molar-refractivity contribution is 7.84. The van der Waals surface area contributed by atoms with Crippen LogP contribution < -0.4 is 0 Å². The fourth-order valence-electron chi connectivity index (χ4n) is 3.23. The molecule has 0 radical (unpaired) electrons. The molecule has 0 amide bonds. The van der Waals surface area contributed by atoms with Gasteiger partial charge in [0, 0.05) is 42.8 Å². The molecule has 3 heterocycles. The van der Waals surface area contributed by atoms with E-state index in [2.05, 4.69) is 9.97 Å². The van der Waals surface area contributed by atoms with Gasteiger partial charge in [0.2, 0.25) is 0 Å². The molecule has 0 aliphatic heterocycles. The van der Waals surface area contributed by atoms with Crippen LogP contribution in [0.5, 0.6) is 0 Å². The number of pyridine rings is 2. The van der Waals surface area contributed by atoms with Gasteiger partial charge in [0.1, 0.15) is 10.8 Å². The summed E-state index contributed by atoms with van der Waals surface area (Å²) in [5.74, 6) is -0.275. The van der Waals surface area contributed by atoms with Gasteiger partial charge in [-0.3, -0.25) is 9.19 Å². The predicted molar refractivity (Wildman–Crippen MR) is 102 cm³/mol. The largest absolute Gasteiger partial charge is 0.343 e. The summed E-state index contributed by atoms with van der Waals surface area (Å²) in [5, 5.41) is 1.48. The lowest BCUT2D eigenvalue weighted by atomic mass is 10.00. The molecule has 4 rings (SSSR count). The first kappa shape index (κ1) is 16.6. The molecule has 4 nitrogen and oxygen atoms in total. The first-order chi connectivity index (χ1) is 12.6. The maximum absolute atomic E-state index is 13.4. The normalized spacial score (nSPS) is 12.4. The van der Waals surface area contributed by atoms with E-state index < -0.39 is 10.8 Å². The number of hydrogen-bond donors (Lipinski definition) is 0. The fraction of sp³-hybridized carbons (Fsp3) is 0.100. The molecule has 0 N–H and O–H groups in total. The van der Waals surface area contributed by atoms with Gasteiger partial charge < -0.3 is 4.57 Å². The maximum atomic E-state index is 13.4. The monoisotopic (exact) mass is 365 g/mol. The van der Waals surface area contributed by atoms with Crippen LogP contribution in [0.1, 0.15) is 0 Å². The summed E-state index contributed by atoms with van der Waals surface area (Å²) in [6, 6.07) is 12.2. The van der Waals surface area contributed by atoms with Gasteiger partial charge in [0.15, 0.2) is 0 Å². The zero-order valence-corrected chi connectivity index (χ0v) is 15.1. The lowest BCUT2D eigenvalue weighted by Gasteiger charge is -2.08. The number of halogens is 1. The molecular weight excluding hydrogens is 349 g/mol. The molecule has 0 aliphatic carbocycles. The average molecular weight is 365 g/mol. The molecular formula is C20H16FN3OS. The number of rotatable bonds is 3. The fourth-order valence-corrected chi connectivity index (χ4v) is 3.70. The van der Waals surface area contributed by atoms with Gasteiger partial charge in [0.25, 0.3) is 0 Å². The summed E-state index contributed by atoms with van der Waals surface area (Å²) < 4.78 is 27.3. The number of hydrogen-bond acceptors (Lipinski definition) is 3. The number of nitrogens with zero attached hydrogens (tertiary/aromatic N) is 3. The third-order valence-electron chi connectivity index (χ3n) is 4.44. The molecule has 1 atom stereocenters. The summed E-state index contributed by atoms with van der Waals surface area (Å²) in [4.78, 5) is 8.46. The summed E-state index contributed by atoms with van der Waals surface area (Å²) in [5.41, 5.74) is 4.77. The van der Waals surface area contributed by atoms with E-state index in [0.29, 0.717) is 5.03 Å². The number of aryl methyl sites for hydroxylation is 1. The Hall–Kier alpha value is -2.86. The van der Waals surface area contributed by atoms with Crippen LogP contribution in [0, 0.1) is 5.82 Å². The molecule has 3 aromatic heterocycles. The smallest absolute Gasteiger partial charge is 0.129 e. The van der Waals surface area contributed by atoms with Gasteiger partial charge in [-0.15, -0.1) is 0 Å². The van der Waals surface area contributed by atoms with Crippen molar-refractivity contribution in [1.82, 2.24) is 14.5 Å². The van der Waals surface area contributed by atoms with E-state index >= 15 is 0 Å². The maximum Gasteiger partial charge on any atom is 0.129 e. The Morgan fingerprint density at radius 3 is 2.38 bits per heavy atom. The number of benzene rings is 1. The zero-order chi connectivity index (χ0) is 18.3. The number of fused-ring (bicyclic) bond motifs is 1. The Morgan fingerprint density at radius 2 is 1.73 bits per heavy atom. The van der Waals surface area contributed by atoms with E-state index in [0.717, 1.165) is 33.3 Å². The molecule has 0 saturated carbocycles. The van der Waals surface area contributed by atoms with Crippen LogP contribution in [0.15, 0.2) is 66.1 Å². The van der Waals surface area contributed by atoms with Crippen LogP contribution in [0.2, 0.25) is 0 Å². The van der Waals surface area contributed by atoms with Crippen molar-refractivity contribution < 1.29 is 8.60 Å². The van der Waals surface area contributed by atoms with Crippen molar-refractivity contribution in [2.75, 3.05) is 6.26 Å². The van der Waals surface area contributed by atoms with Crippen LogP contribution >= 0.6 is 0 Å². The highest BCUT2D eigenvalue weighted by Crippen LogP contribution is 2.40. The Morgan fingerprint density at radius 1 is 1.04 bits per heavy atom. The van der Waals surface area contributed by atoms with E-state index in [9.17, 15) is 8.60 Å². The van der Waals surface area contributed by atoms with Gasteiger partial charge in [-0.2, -0.15) is 0 Å². The van der Waals surface area contributed by atoms with Gasteiger partial charge in [0.05, 0.1) is 22.0 Å². The molecule has 1 unspecified atom stereocenters. The second-order valence-corrected chi connectivity index (χ2v) is 7.35. The van der Waals surface area contributed by atoms with Crippen LogP contribution in [0.4, 0.5) is 4.39 Å². The molecule has 0 aliphatic rings. The van der Waals surface area contributed by atoms with Crippen molar-refractivity contribution in [3.8, 4) is 22.4 Å². The van der Waals surface area contributed by atoms with E-state index in [4.69, 9.17) is 0 Å². The van der Waals surface area contributed by atoms with Gasteiger partial charge >= 0.3 is 0 Å². The van der Waals surface area contributed by atoms with E-state index in [1.807, 2.05) is 29.8 Å². The van der Waals surface area contributed by atoms with Crippen molar-refractivity contribution in [1.29, 1.82) is 0 Å². The lowest BCUT2D eigenvalue weighted by molar-refractivity contribution is 0.628. The summed E-state index contributed by atoms with van der Waals surface area (Å²) in [6.45, 7) is 0. The SMILES string of the molecule is Cn1c(-c2ccc(F)cc2)c(-c2ccncc2)c2cnc(S(C)=O)cc21. The van der Waals surface area contributed by atoms with Gasteiger partial charge in [-0.05, 0) is 53.6 Å². The molecule has 1 aromatic carbocycles. The molecule has 0 bridgehead atoms. The second kappa shape index (κ2) is 6.46. The minimum atomic E-state index is -1.17. The third-order valence-corrected chi connectivity index (χ3v) is 5.25. The van der Waals surface area contributed by atoms with Crippen molar-refractivity contribution >= 4 is 21.7 Å². The average Bonchev–Trinajstić information content (AvgIpc) is 2.95. The van der Waals surface area contributed by atoms with Crippen molar-refractivity contribution in [3.63, 3.8) is 0 Å². The summed E-state index contributed by atoms with van der Waals surface area (Å²) in [7, 11) is 0.786. The van der Waals surface area contributed by atoms with Gasteiger partial charge in [-0.1, -0.05) is 0 Å². The lowest BCUT2D eigenvalue weighted by Crippen LogP contribution is -1.95. The van der Waals surface area contributed by atoms with Gasteiger partial charge in [-0.25, -0.2) is 9.37 Å². The Balaban J connectivity index is 2.09. The molecule has 0 fully saturated rings. The van der Waals surface area contributed by atoms with Crippen molar-refractivity contribution in [3.05, 3.63) is 66.9 Å². The minimum Gasteiger partial charge on any atom is -0.343 e. The van der Waals surface area contributed by atoms with Crippen molar-refractivity contribution in [2.45, 2.75) is 5.03 Å². The third kappa shape index (κ3) is 2.72. The summed E-state index contributed by atoms with van der Waals surface area (Å²) >= 11 is 0. The van der Waals surface area contributed by atoms with E-state index in [-0.39, 0.29) is 5.82 Å². The van der Waals surface area contributed by atoms with Crippen molar-refractivity contribution in [2.24, 2.45) is 7.05 Å².